The fraction of sp³-hybridized carbons (Fsp3) is 0.263. The van der Waals surface area contributed by atoms with E-state index in [-0.39, 0.29) is 17.1 Å². The number of fused-ring (bicyclic) bond motifs is 3. The van der Waals surface area contributed by atoms with Crippen LogP contribution in [0.3, 0.4) is 0 Å². The van der Waals surface area contributed by atoms with Crippen LogP contribution >= 0.6 is 0 Å². The number of hydrogen-bond acceptors (Lipinski definition) is 1. The van der Waals surface area contributed by atoms with Crippen molar-refractivity contribution < 1.29 is 17.1 Å². The molecule has 3 heterocycles. The Morgan fingerprint density at radius 1 is 1.10 bits per heavy atom. The van der Waals surface area contributed by atoms with Crippen LogP contribution in [0.2, 0.25) is 0 Å². The third-order valence-electron chi connectivity index (χ3n) is 4.20. The normalized spacial score (nSPS) is 19.1. The molecule has 0 saturated carbocycles. The molecule has 21 heavy (non-hydrogen) atoms. The predicted molar refractivity (Wildman–Crippen MR) is 85.5 cm³/mol. The third-order valence-corrected chi connectivity index (χ3v) is 4.20. The molecule has 0 radical (unpaired) electrons. The van der Waals surface area contributed by atoms with Gasteiger partial charge < -0.3 is 4.90 Å². The van der Waals surface area contributed by atoms with Gasteiger partial charge in [0.2, 0.25) is 0 Å². The largest absolute Gasteiger partial charge is 2.00 e. The minimum atomic E-state index is 0. The van der Waals surface area contributed by atoms with Gasteiger partial charge in [-0.3, -0.25) is 0 Å². The second-order valence-corrected chi connectivity index (χ2v) is 5.50. The molecule has 2 bridgehead atoms. The molecule has 2 aromatic carbocycles. The van der Waals surface area contributed by atoms with Crippen molar-refractivity contribution in [1.29, 1.82) is 0 Å². The number of nitrogens with zero attached hydrogens (tertiary/aromatic N) is 1. The van der Waals surface area contributed by atoms with E-state index in [1.54, 1.807) is 0 Å². The van der Waals surface area contributed by atoms with E-state index in [2.05, 4.69) is 41.8 Å². The summed E-state index contributed by atoms with van der Waals surface area (Å²) in [4.78, 5) is 2.48. The standard InChI is InChI=1S/C14H16N.C5H5.Fe/c1-11-13-6-8-15(9-7-13)14(11)10-12-4-2-3-5-12;1-2-4-5-3-1;/h2-5,10,13H,1,6-9H2;1-5H;/q2*-1;+2. The molecule has 0 aromatic heterocycles. The van der Waals surface area contributed by atoms with Gasteiger partial charge in [0.15, 0.2) is 0 Å². The third kappa shape index (κ3) is 3.78. The maximum Gasteiger partial charge on any atom is 2.00 e. The molecule has 0 aliphatic carbocycles. The van der Waals surface area contributed by atoms with Crippen LogP contribution in [0, 0.1) is 5.92 Å². The van der Waals surface area contributed by atoms with Crippen LogP contribution in [0.15, 0.2) is 72.4 Å². The number of piperidine rings is 3. The molecule has 3 saturated heterocycles. The first-order chi connectivity index (χ1) is 9.84. The van der Waals surface area contributed by atoms with Crippen molar-refractivity contribution >= 4 is 6.08 Å². The SMILES string of the molecule is C=C1C(=C[c-]2cccc2)N2CCC1CC2.[Fe+2].c1cc[cH-]c1. The van der Waals surface area contributed by atoms with Gasteiger partial charge in [-0.2, -0.15) is 30.3 Å². The fourth-order valence-electron chi connectivity index (χ4n) is 3.03. The molecule has 3 fully saturated rings. The first kappa shape index (κ1) is 15.9. The Morgan fingerprint density at radius 2 is 1.71 bits per heavy atom. The van der Waals surface area contributed by atoms with Crippen molar-refractivity contribution in [3.05, 3.63) is 78.0 Å². The van der Waals surface area contributed by atoms with Crippen molar-refractivity contribution in [3.8, 4) is 0 Å². The van der Waals surface area contributed by atoms with Crippen LogP contribution in [0.5, 0.6) is 0 Å². The smallest absolute Gasteiger partial charge is 0.409 e. The maximum absolute atomic E-state index is 4.25. The van der Waals surface area contributed by atoms with E-state index in [1.807, 2.05) is 30.3 Å². The van der Waals surface area contributed by atoms with Gasteiger partial charge >= 0.3 is 17.1 Å². The Kier molecular flexibility index (Phi) is 5.66. The summed E-state index contributed by atoms with van der Waals surface area (Å²) in [6.07, 6.45) is 4.89. The molecular formula is C19H21FeN. The average Bonchev–Trinajstić information content (AvgIpc) is 3.19. The topological polar surface area (TPSA) is 3.24 Å². The predicted octanol–water partition coefficient (Wildman–Crippen LogP) is 4.43. The molecule has 3 aliphatic heterocycles. The molecule has 5 rings (SSSR count). The molecule has 3 aliphatic rings. The second-order valence-electron chi connectivity index (χ2n) is 5.50. The van der Waals surface area contributed by atoms with E-state index < -0.39 is 0 Å². The van der Waals surface area contributed by atoms with Crippen LogP contribution < -0.4 is 0 Å². The van der Waals surface area contributed by atoms with Crippen LogP contribution in [-0.2, 0) is 17.1 Å². The van der Waals surface area contributed by atoms with Gasteiger partial charge in [-0.05, 0) is 24.5 Å². The van der Waals surface area contributed by atoms with Gasteiger partial charge in [-0.1, -0.05) is 5.57 Å². The Balaban J connectivity index is 0.000000231. The van der Waals surface area contributed by atoms with Gasteiger partial charge in [0, 0.05) is 13.1 Å². The zero-order valence-corrected chi connectivity index (χ0v) is 13.3. The first-order valence-electron chi connectivity index (χ1n) is 7.39. The fourth-order valence-corrected chi connectivity index (χ4v) is 3.03. The van der Waals surface area contributed by atoms with E-state index in [4.69, 9.17) is 0 Å². The van der Waals surface area contributed by atoms with E-state index in [0.717, 1.165) is 5.92 Å². The summed E-state index contributed by atoms with van der Waals surface area (Å²) >= 11 is 0. The van der Waals surface area contributed by atoms with E-state index in [1.165, 1.54) is 42.8 Å². The van der Waals surface area contributed by atoms with Crippen LogP contribution in [0.1, 0.15) is 18.4 Å². The zero-order valence-electron chi connectivity index (χ0n) is 12.2. The van der Waals surface area contributed by atoms with Gasteiger partial charge in [0.1, 0.15) is 0 Å². The summed E-state index contributed by atoms with van der Waals surface area (Å²) in [7, 11) is 0. The molecule has 0 spiro atoms. The first-order valence-corrected chi connectivity index (χ1v) is 7.39. The molecule has 110 valence electrons. The number of rotatable bonds is 1. The van der Waals surface area contributed by atoms with E-state index in [0.29, 0.717) is 0 Å². The summed E-state index contributed by atoms with van der Waals surface area (Å²) in [6, 6.07) is 18.5. The summed E-state index contributed by atoms with van der Waals surface area (Å²) in [5.41, 5.74) is 4.04. The monoisotopic (exact) mass is 319 g/mol. The van der Waals surface area contributed by atoms with Crippen molar-refractivity contribution in [1.82, 2.24) is 4.90 Å². The number of allylic oxidation sites excluding steroid dienone is 1. The Hall–Kier alpha value is -1.50. The van der Waals surface area contributed by atoms with Crippen molar-refractivity contribution in [2.75, 3.05) is 13.1 Å². The van der Waals surface area contributed by atoms with Crippen molar-refractivity contribution in [3.63, 3.8) is 0 Å². The van der Waals surface area contributed by atoms with Crippen LogP contribution in [-0.4, -0.2) is 18.0 Å². The van der Waals surface area contributed by atoms with Crippen LogP contribution in [0.25, 0.3) is 6.08 Å². The maximum atomic E-state index is 4.25. The Morgan fingerprint density at radius 3 is 2.19 bits per heavy atom. The molecule has 0 N–H and O–H groups in total. The van der Waals surface area contributed by atoms with Crippen molar-refractivity contribution in [2.24, 2.45) is 5.92 Å². The Labute approximate surface area is 138 Å². The molecule has 1 nitrogen and oxygen atoms in total. The summed E-state index contributed by atoms with van der Waals surface area (Å²) < 4.78 is 0. The molecule has 2 aromatic rings. The number of hydrogen-bond donors (Lipinski definition) is 0. The van der Waals surface area contributed by atoms with E-state index >= 15 is 0 Å². The molecule has 0 atom stereocenters. The summed E-state index contributed by atoms with van der Waals surface area (Å²) in [6.45, 7) is 6.69. The van der Waals surface area contributed by atoms with Gasteiger partial charge in [0.25, 0.3) is 0 Å². The zero-order chi connectivity index (χ0) is 13.8. The summed E-state index contributed by atoms with van der Waals surface area (Å²) in [5, 5.41) is 0. The van der Waals surface area contributed by atoms with Gasteiger partial charge in [-0.15, -0.1) is 30.4 Å². The van der Waals surface area contributed by atoms with Gasteiger partial charge in [-0.25, -0.2) is 12.1 Å². The second kappa shape index (κ2) is 7.49. The van der Waals surface area contributed by atoms with Crippen LogP contribution in [0.4, 0.5) is 0 Å². The minimum absolute atomic E-state index is 0. The quantitative estimate of drug-likeness (QED) is 0.555. The molecule has 0 unspecified atom stereocenters. The summed E-state index contributed by atoms with van der Waals surface area (Å²) in [5.74, 6) is 0.746. The van der Waals surface area contributed by atoms with Crippen molar-refractivity contribution in [2.45, 2.75) is 12.8 Å². The van der Waals surface area contributed by atoms with Gasteiger partial charge in [0.05, 0.1) is 0 Å². The Bertz CT molecular complexity index is 538. The molecule has 2 heteroatoms. The average molecular weight is 319 g/mol. The minimum Gasteiger partial charge on any atom is -0.409 e. The molecular weight excluding hydrogens is 298 g/mol. The molecule has 0 amide bonds. The van der Waals surface area contributed by atoms with E-state index in [9.17, 15) is 0 Å².